The molecule has 218 valence electrons. The van der Waals surface area contributed by atoms with E-state index in [2.05, 4.69) is 18.2 Å². The van der Waals surface area contributed by atoms with Crippen LogP contribution in [0, 0.1) is 40.8 Å². The number of nitrogens with zero attached hydrogens (tertiary/aromatic N) is 1. The normalized spacial score (nSPS) is 22.2. The molecule has 0 aromatic heterocycles. The van der Waals surface area contributed by atoms with Crippen molar-refractivity contribution in [2.45, 2.75) is 64.2 Å². The van der Waals surface area contributed by atoms with Crippen molar-refractivity contribution in [2.75, 3.05) is 13.2 Å². The summed E-state index contributed by atoms with van der Waals surface area (Å²) in [6, 6.07) is 22.6. The number of ether oxygens (including phenoxy) is 1. The number of hydrogen-bond donors (Lipinski definition) is 1. The first-order chi connectivity index (χ1) is 20.0. The lowest BCUT2D eigenvalue weighted by molar-refractivity contribution is 0.167. The largest absolute Gasteiger partial charge is 0.492 e. The van der Waals surface area contributed by atoms with Crippen molar-refractivity contribution in [3.05, 3.63) is 99.3 Å². The summed E-state index contributed by atoms with van der Waals surface area (Å²) >= 11 is 12.4. The molecule has 0 saturated heterocycles. The molecule has 0 atom stereocenters. The van der Waals surface area contributed by atoms with Crippen LogP contribution in [0.2, 0.25) is 10.0 Å². The Hall–Kier alpha value is -2.58. The lowest BCUT2D eigenvalue weighted by Crippen LogP contribution is -2.21. The van der Waals surface area contributed by atoms with E-state index >= 15 is 0 Å². The van der Waals surface area contributed by atoms with E-state index in [1.54, 1.807) is 12.1 Å². The van der Waals surface area contributed by atoms with Gasteiger partial charge in [0.05, 0.1) is 6.61 Å². The monoisotopic (exact) mass is 595 g/mol. The number of halogens is 3. The molecule has 0 radical (unpaired) electrons. The molecule has 1 N–H and O–H groups in total. The van der Waals surface area contributed by atoms with Gasteiger partial charge in [-0.15, -0.1) is 0 Å². The molecule has 0 bridgehead atoms. The minimum absolute atomic E-state index is 0.00472. The van der Waals surface area contributed by atoms with Crippen LogP contribution in [0.4, 0.5) is 4.39 Å². The van der Waals surface area contributed by atoms with Crippen molar-refractivity contribution in [3.63, 3.8) is 0 Å². The molecular weight excluding hydrogens is 556 g/mol. The zero-order valence-electron chi connectivity index (χ0n) is 23.6. The van der Waals surface area contributed by atoms with Crippen LogP contribution in [-0.4, -0.2) is 18.3 Å². The first kappa shape index (κ1) is 31.4. The third-order valence-corrected chi connectivity index (χ3v) is 9.42. The summed E-state index contributed by atoms with van der Waals surface area (Å²) in [6.07, 6.45) is 11.4. The van der Waals surface area contributed by atoms with Crippen molar-refractivity contribution in [1.29, 1.82) is 5.26 Å². The van der Waals surface area contributed by atoms with E-state index in [0.29, 0.717) is 36.7 Å². The maximum atomic E-state index is 13.6. The molecule has 5 rings (SSSR count). The highest BCUT2D eigenvalue weighted by Gasteiger charge is 2.23. The molecule has 0 spiro atoms. The first-order valence-electron chi connectivity index (χ1n) is 14.9. The second-order valence-electron chi connectivity index (χ2n) is 11.6. The number of aliphatic hydroxyl groups excluding tert-OH is 1. The Morgan fingerprint density at radius 3 is 1.68 bits per heavy atom. The minimum Gasteiger partial charge on any atom is -0.492 e. The van der Waals surface area contributed by atoms with Gasteiger partial charge in [-0.05, 0) is 123 Å². The SMILES string of the molecule is N#Cc1c(F)cccc1OCC1CCC(Cc2ccccc2Cl)CC1.OCC1CCC(Cc2ccccc2Cl)CC1. The van der Waals surface area contributed by atoms with Gasteiger partial charge < -0.3 is 9.84 Å². The highest BCUT2D eigenvalue weighted by Crippen LogP contribution is 2.34. The lowest BCUT2D eigenvalue weighted by atomic mass is 9.79. The van der Waals surface area contributed by atoms with Crippen LogP contribution in [0.3, 0.4) is 0 Å². The Morgan fingerprint density at radius 2 is 1.20 bits per heavy atom. The number of hydrogen-bond acceptors (Lipinski definition) is 3. The van der Waals surface area contributed by atoms with Gasteiger partial charge in [0.1, 0.15) is 23.2 Å². The van der Waals surface area contributed by atoms with E-state index < -0.39 is 5.82 Å². The highest BCUT2D eigenvalue weighted by molar-refractivity contribution is 6.31. The molecule has 0 heterocycles. The molecule has 3 aromatic carbocycles. The van der Waals surface area contributed by atoms with Gasteiger partial charge in [-0.3, -0.25) is 0 Å². The molecule has 2 fully saturated rings. The fourth-order valence-electron chi connectivity index (χ4n) is 6.11. The summed E-state index contributed by atoms with van der Waals surface area (Å²) in [5.74, 6) is 2.23. The summed E-state index contributed by atoms with van der Waals surface area (Å²) in [6.45, 7) is 0.899. The van der Waals surface area contributed by atoms with Crippen LogP contribution in [0.5, 0.6) is 5.75 Å². The van der Waals surface area contributed by atoms with E-state index in [1.807, 2.05) is 36.4 Å². The molecular formula is C35H40Cl2FNO2. The number of rotatable bonds is 8. The fourth-order valence-corrected chi connectivity index (χ4v) is 6.54. The number of benzene rings is 3. The predicted molar refractivity (Wildman–Crippen MR) is 165 cm³/mol. The summed E-state index contributed by atoms with van der Waals surface area (Å²) in [5.41, 5.74) is 2.49. The Kier molecular flexibility index (Phi) is 12.4. The summed E-state index contributed by atoms with van der Waals surface area (Å²) in [5, 5.41) is 19.9. The van der Waals surface area contributed by atoms with Gasteiger partial charge in [-0.1, -0.05) is 65.7 Å². The summed E-state index contributed by atoms with van der Waals surface area (Å²) in [4.78, 5) is 0. The minimum atomic E-state index is -0.525. The Labute approximate surface area is 254 Å². The Balaban J connectivity index is 0.000000208. The van der Waals surface area contributed by atoms with Crippen LogP contribution in [0.1, 0.15) is 68.1 Å². The van der Waals surface area contributed by atoms with Gasteiger partial charge in [0.2, 0.25) is 0 Å². The van der Waals surface area contributed by atoms with Gasteiger partial charge in [-0.25, -0.2) is 4.39 Å². The van der Waals surface area contributed by atoms with Crippen LogP contribution in [0.25, 0.3) is 0 Å². The Morgan fingerprint density at radius 1 is 0.707 bits per heavy atom. The van der Waals surface area contributed by atoms with Crippen LogP contribution in [-0.2, 0) is 12.8 Å². The lowest BCUT2D eigenvalue weighted by Gasteiger charge is -2.28. The zero-order chi connectivity index (χ0) is 29.0. The standard InChI is InChI=1S/C21H21ClFNO.C14H19ClO/c22-19-5-2-1-4-17(19)12-15-8-10-16(11-9-15)14-25-21-7-3-6-20(23)18(21)13-24;15-14-4-2-1-3-13(14)9-11-5-7-12(10-16)8-6-11/h1-7,15-16H,8-12,14H2;1-4,11-12,16H,5-10H2. The fraction of sp³-hybridized carbons (Fsp3) is 0.457. The molecule has 0 amide bonds. The topological polar surface area (TPSA) is 53.2 Å². The van der Waals surface area contributed by atoms with E-state index in [-0.39, 0.29) is 5.56 Å². The molecule has 2 aliphatic carbocycles. The predicted octanol–water partition coefficient (Wildman–Crippen LogP) is 9.46. The number of nitriles is 1. The van der Waals surface area contributed by atoms with Crippen molar-refractivity contribution in [1.82, 2.24) is 0 Å². The molecule has 0 unspecified atom stereocenters. The van der Waals surface area contributed by atoms with Crippen molar-refractivity contribution >= 4 is 23.2 Å². The summed E-state index contributed by atoms with van der Waals surface area (Å²) < 4.78 is 19.3. The van der Waals surface area contributed by atoms with E-state index in [4.69, 9.17) is 38.3 Å². The molecule has 0 aliphatic heterocycles. The molecule has 41 heavy (non-hydrogen) atoms. The maximum absolute atomic E-state index is 13.6. The van der Waals surface area contributed by atoms with E-state index in [9.17, 15) is 4.39 Å². The third-order valence-electron chi connectivity index (χ3n) is 8.69. The van der Waals surface area contributed by atoms with Gasteiger partial charge in [0, 0.05) is 16.7 Å². The average molecular weight is 597 g/mol. The zero-order valence-corrected chi connectivity index (χ0v) is 25.1. The number of aliphatic hydroxyl groups is 1. The smallest absolute Gasteiger partial charge is 0.144 e. The van der Waals surface area contributed by atoms with Gasteiger partial charge in [-0.2, -0.15) is 5.26 Å². The van der Waals surface area contributed by atoms with E-state index in [0.717, 1.165) is 54.5 Å². The average Bonchev–Trinajstić information content (AvgIpc) is 3.00. The van der Waals surface area contributed by atoms with Crippen LogP contribution in [0.15, 0.2) is 66.7 Å². The van der Waals surface area contributed by atoms with Gasteiger partial charge in [0.15, 0.2) is 0 Å². The maximum Gasteiger partial charge on any atom is 0.144 e. The van der Waals surface area contributed by atoms with Gasteiger partial charge in [0.25, 0.3) is 0 Å². The molecule has 2 saturated carbocycles. The van der Waals surface area contributed by atoms with Crippen LogP contribution < -0.4 is 4.74 Å². The van der Waals surface area contributed by atoms with Crippen molar-refractivity contribution in [2.24, 2.45) is 23.7 Å². The quantitative estimate of drug-likeness (QED) is 0.282. The molecule has 6 heteroatoms. The van der Waals surface area contributed by atoms with E-state index in [1.165, 1.54) is 42.9 Å². The van der Waals surface area contributed by atoms with Crippen LogP contribution >= 0.6 is 23.2 Å². The second kappa shape index (κ2) is 16.2. The first-order valence-corrected chi connectivity index (χ1v) is 15.6. The Bertz CT molecular complexity index is 1280. The highest BCUT2D eigenvalue weighted by atomic mass is 35.5. The molecule has 3 nitrogen and oxygen atoms in total. The van der Waals surface area contributed by atoms with Gasteiger partial charge >= 0.3 is 0 Å². The third kappa shape index (κ3) is 9.47. The second-order valence-corrected chi connectivity index (χ2v) is 12.4. The molecule has 3 aromatic rings. The van der Waals surface area contributed by atoms with Crippen molar-refractivity contribution in [3.8, 4) is 11.8 Å². The summed E-state index contributed by atoms with van der Waals surface area (Å²) in [7, 11) is 0. The van der Waals surface area contributed by atoms with Crippen molar-refractivity contribution < 1.29 is 14.2 Å². The molecule has 2 aliphatic rings.